The molecule has 102 valence electrons. The Bertz CT molecular complexity index is 339. The van der Waals surface area contributed by atoms with Crippen LogP contribution >= 0.6 is 0 Å². The fraction of sp³-hybridized carbons (Fsp3) is 0.600. The predicted octanol–water partition coefficient (Wildman–Crippen LogP) is 3.16. The third-order valence-corrected chi connectivity index (χ3v) is 2.75. The summed E-state index contributed by atoms with van der Waals surface area (Å²) in [5, 5.41) is 3.51. The van der Waals surface area contributed by atoms with Crippen LogP contribution in [0.1, 0.15) is 38.8 Å². The summed E-state index contributed by atoms with van der Waals surface area (Å²) in [6.07, 6.45) is 1.35. The van der Waals surface area contributed by atoms with Gasteiger partial charge in [-0.3, -0.25) is 0 Å². The maximum atomic E-state index is 5.74. The van der Waals surface area contributed by atoms with Crippen molar-refractivity contribution in [2.75, 3.05) is 20.3 Å². The van der Waals surface area contributed by atoms with Crippen LogP contribution in [-0.4, -0.2) is 26.4 Å². The largest absolute Gasteiger partial charge is 0.496 e. The van der Waals surface area contributed by atoms with Crippen LogP contribution in [0, 0.1) is 0 Å². The van der Waals surface area contributed by atoms with Crippen molar-refractivity contribution < 1.29 is 9.47 Å². The van der Waals surface area contributed by atoms with Gasteiger partial charge in [0.25, 0.3) is 0 Å². The van der Waals surface area contributed by atoms with Crippen molar-refractivity contribution in [2.45, 2.75) is 39.3 Å². The van der Waals surface area contributed by atoms with Gasteiger partial charge < -0.3 is 14.8 Å². The lowest BCUT2D eigenvalue weighted by Crippen LogP contribution is -2.27. The summed E-state index contributed by atoms with van der Waals surface area (Å²) in [4.78, 5) is 0. The molecule has 0 saturated heterocycles. The van der Waals surface area contributed by atoms with Gasteiger partial charge in [0.15, 0.2) is 0 Å². The lowest BCUT2D eigenvalue weighted by atomic mass is 10.1. The van der Waals surface area contributed by atoms with Crippen LogP contribution in [-0.2, 0) is 4.74 Å². The van der Waals surface area contributed by atoms with Crippen LogP contribution in [0.3, 0.4) is 0 Å². The summed E-state index contributed by atoms with van der Waals surface area (Å²) in [5.41, 5.74) is 1.16. The molecule has 0 bridgehead atoms. The highest BCUT2D eigenvalue weighted by molar-refractivity contribution is 5.35. The van der Waals surface area contributed by atoms with Gasteiger partial charge in [-0.1, -0.05) is 25.1 Å². The third-order valence-electron chi connectivity index (χ3n) is 2.75. The average molecular weight is 251 g/mol. The van der Waals surface area contributed by atoms with E-state index >= 15 is 0 Å². The lowest BCUT2D eigenvalue weighted by molar-refractivity contribution is 0.0606. The Morgan fingerprint density at radius 2 is 1.94 bits per heavy atom. The molecule has 0 aromatic heterocycles. The number of hydrogen-bond donors (Lipinski definition) is 1. The van der Waals surface area contributed by atoms with Crippen molar-refractivity contribution in [3.63, 3.8) is 0 Å². The molecule has 0 radical (unpaired) electrons. The van der Waals surface area contributed by atoms with Gasteiger partial charge in [-0.25, -0.2) is 0 Å². The van der Waals surface area contributed by atoms with E-state index in [1.807, 2.05) is 18.2 Å². The second-order valence-electron chi connectivity index (χ2n) is 4.63. The molecule has 3 nitrogen and oxygen atoms in total. The van der Waals surface area contributed by atoms with E-state index in [-0.39, 0.29) is 12.1 Å². The number of nitrogens with one attached hydrogen (secondary N) is 1. The fourth-order valence-corrected chi connectivity index (χ4v) is 1.82. The summed E-state index contributed by atoms with van der Waals surface area (Å²) >= 11 is 0. The third kappa shape index (κ3) is 4.67. The van der Waals surface area contributed by atoms with E-state index in [1.165, 1.54) is 0 Å². The van der Waals surface area contributed by atoms with Gasteiger partial charge >= 0.3 is 0 Å². The van der Waals surface area contributed by atoms with Gasteiger partial charge in [0.05, 0.1) is 25.9 Å². The molecule has 0 aliphatic heterocycles. The second-order valence-corrected chi connectivity index (χ2v) is 4.63. The topological polar surface area (TPSA) is 30.5 Å². The molecule has 0 amide bonds. The van der Waals surface area contributed by atoms with Gasteiger partial charge in [-0.05, 0) is 32.9 Å². The molecule has 18 heavy (non-hydrogen) atoms. The lowest BCUT2D eigenvalue weighted by Gasteiger charge is -2.22. The number of benzene rings is 1. The highest BCUT2D eigenvalue weighted by Gasteiger charge is 2.15. The molecule has 0 heterocycles. The number of rotatable bonds is 8. The maximum Gasteiger partial charge on any atom is 0.123 e. The first-order valence-corrected chi connectivity index (χ1v) is 6.67. The predicted molar refractivity (Wildman–Crippen MR) is 75.1 cm³/mol. The monoisotopic (exact) mass is 251 g/mol. The molecule has 1 aromatic rings. The zero-order chi connectivity index (χ0) is 13.4. The van der Waals surface area contributed by atoms with Crippen molar-refractivity contribution in [1.29, 1.82) is 0 Å². The van der Waals surface area contributed by atoms with E-state index < -0.39 is 0 Å². The van der Waals surface area contributed by atoms with Gasteiger partial charge in [0.2, 0.25) is 0 Å². The number of para-hydroxylation sites is 1. The first-order valence-electron chi connectivity index (χ1n) is 6.67. The summed E-state index contributed by atoms with van der Waals surface area (Å²) in [5.74, 6) is 0.915. The van der Waals surface area contributed by atoms with Crippen molar-refractivity contribution in [2.24, 2.45) is 0 Å². The normalized spacial score (nSPS) is 12.7. The number of hydrogen-bond acceptors (Lipinski definition) is 3. The minimum Gasteiger partial charge on any atom is -0.496 e. The highest BCUT2D eigenvalue weighted by Crippen LogP contribution is 2.25. The van der Waals surface area contributed by atoms with Crippen molar-refractivity contribution in [3.8, 4) is 5.75 Å². The molecule has 0 saturated carbocycles. The smallest absolute Gasteiger partial charge is 0.123 e. The summed E-state index contributed by atoms with van der Waals surface area (Å²) in [7, 11) is 1.71. The van der Waals surface area contributed by atoms with E-state index in [0.29, 0.717) is 6.61 Å². The van der Waals surface area contributed by atoms with E-state index in [4.69, 9.17) is 9.47 Å². The van der Waals surface area contributed by atoms with Gasteiger partial charge in [-0.2, -0.15) is 0 Å². The summed E-state index contributed by atoms with van der Waals surface area (Å²) in [6.45, 7) is 7.91. The van der Waals surface area contributed by atoms with Gasteiger partial charge in [0, 0.05) is 5.56 Å². The molecular weight excluding hydrogens is 226 g/mol. The summed E-state index contributed by atoms with van der Waals surface area (Å²) < 4.78 is 11.2. The number of ether oxygens (including phenoxy) is 2. The second kappa shape index (κ2) is 8.11. The first kappa shape index (κ1) is 15.0. The molecule has 0 aliphatic carbocycles. The first-order chi connectivity index (χ1) is 8.69. The van der Waals surface area contributed by atoms with Crippen LogP contribution < -0.4 is 10.1 Å². The Hall–Kier alpha value is -1.06. The van der Waals surface area contributed by atoms with Crippen molar-refractivity contribution >= 4 is 0 Å². The van der Waals surface area contributed by atoms with E-state index in [2.05, 4.69) is 32.2 Å². The molecule has 0 aliphatic rings. The zero-order valence-corrected chi connectivity index (χ0v) is 11.9. The van der Waals surface area contributed by atoms with Crippen LogP contribution in [0.4, 0.5) is 0 Å². The maximum absolute atomic E-state index is 5.74. The molecule has 0 spiro atoms. The molecule has 3 heteroatoms. The molecule has 1 rings (SSSR count). The molecular formula is C15H25NO2. The molecule has 0 fully saturated rings. The molecule has 1 aromatic carbocycles. The zero-order valence-electron chi connectivity index (χ0n) is 11.9. The Kier molecular flexibility index (Phi) is 6.76. The Morgan fingerprint density at radius 3 is 2.56 bits per heavy atom. The molecule has 1 unspecified atom stereocenters. The SMILES string of the molecule is CCCNC(COC(C)C)c1ccccc1OC. The molecule has 1 N–H and O–H groups in total. The fourth-order valence-electron chi connectivity index (χ4n) is 1.82. The van der Waals surface area contributed by atoms with Crippen LogP contribution in [0.15, 0.2) is 24.3 Å². The van der Waals surface area contributed by atoms with Gasteiger partial charge in [-0.15, -0.1) is 0 Å². The van der Waals surface area contributed by atoms with Crippen molar-refractivity contribution in [3.05, 3.63) is 29.8 Å². The number of methoxy groups -OCH3 is 1. The van der Waals surface area contributed by atoms with E-state index in [9.17, 15) is 0 Å². The van der Waals surface area contributed by atoms with Crippen molar-refractivity contribution in [1.82, 2.24) is 5.32 Å². The Labute approximate surface area is 110 Å². The minimum atomic E-state index is 0.184. The average Bonchev–Trinajstić information content (AvgIpc) is 2.38. The van der Waals surface area contributed by atoms with E-state index in [0.717, 1.165) is 24.3 Å². The molecule has 1 atom stereocenters. The van der Waals surface area contributed by atoms with Crippen LogP contribution in [0.2, 0.25) is 0 Å². The minimum absolute atomic E-state index is 0.184. The standard InChI is InChI=1S/C15H25NO2/c1-5-10-16-14(11-18-12(2)3)13-8-6-7-9-15(13)17-4/h6-9,12,14,16H,5,10-11H2,1-4H3. The summed E-state index contributed by atoms with van der Waals surface area (Å²) in [6, 6.07) is 8.29. The quantitative estimate of drug-likeness (QED) is 0.770. The van der Waals surface area contributed by atoms with Crippen LogP contribution in [0.25, 0.3) is 0 Å². The highest BCUT2D eigenvalue weighted by atomic mass is 16.5. The Balaban J connectivity index is 2.79. The Morgan fingerprint density at radius 1 is 1.22 bits per heavy atom. The van der Waals surface area contributed by atoms with Gasteiger partial charge in [0.1, 0.15) is 5.75 Å². The van der Waals surface area contributed by atoms with Crippen LogP contribution in [0.5, 0.6) is 5.75 Å². The van der Waals surface area contributed by atoms with E-state index in [1.54, 1.807) is 7.11 Å².